The summed E-state index contributed by atoms with van der Waals surface area (Å²) in [6.07, 6.45) is -12.4. The minimum Gasteiger partial charge on any atom is -0.208 e. The molecule has 0 fully saturated rings. The maximum atomic E-state index is 15.6. The molecule has 0 aliphatic heterocycles. The largest absolute Gasteiger partial charge is 0.411 e. The highest BCUT2D eigenvalue weighted by atomic mass is 19.4. The first-order valence-electron chi connectivity index (χ1n) is 26.0. The summed E-state index contributed by atoms with van der Waals surface area (Å²) in [6.45, 7) is 0. The third-order valence-electron chi connectivity index (χ3n) is 8.17. The maximum Gasteiger partial charge on any atom is 0.411 e. The molecular weight excluding hydrogens is 739 g/mol. The SMILES string of the molecule is [2H]c1c([2H])c([2H])c(-c2nc(-c3ccc(C(c4ccc(-c5nc(-c6c([2H])c([2H])c([2H])c([2H])c6[2H])nc(-c6c([2H])c([2H])c([2H])c([2H])c6[2H])n5)cc4)(C(F)(F)F)C(F)(F)F)cc3)nc(-c3c([2H])c([2H])c([2H])c([2H])c3[2H])n2)c([2H])c1[2H]. The molecule has 280 valence electrons. The molecule has 12 heteroatoms. The van der Waals surface area contributed by atoms with E-state index in [1.54, 1.807) is 0 Å². The Morgan fingerprint density at radius 3 is 0.719 bits per heavy atom. The lowest BCUT2D eigenvalue weighted by molar-refractivity contribution is -0.288. The second kappa shape index (κ2) is 14.9. The van der Waals surface area contributed by atoms with Crippen molar-refractivity contribution >= 4 is 0 Å². The van der Waals surface area contributed by atoms with Gasteiger partial charge in [0.05, 0.1) is 27.4 Å². The second-order valence-corrected chi connectivity index (χ2v) is 11.5. The molecule has 0 spiro atoms. The van der Waals surface area contributed by atoms with Gasteiger partial charge >= 0.3 is 12.4 Å². The molecule has 0 amide bonds. The summed E-state index contributed by atoms with van der Waals surface area (Å²) in [5.41, 5.74) is -11.4. The van der Waals surface area contributed by atoms with E-state index in [2.05, 4.69) is 29.9 Å². The van der Waals surface area contributed by atoms with Gasteiger partial charge in [0.2, 0.25) is 5.41 Å². The number of aromatic nitrogens is 6. The molecule has 0 unspecified atom stereocenters. The van der Waals surface area contributed by atoms with Crippen LogP contribution < -0.4 is 0 Å². The van der Waals surface area contributed by atoms with Gasteiger partial charge in [0.1, 0.15) is 0 Å². The molecule has 6 aromatic carbocycles. The average Bonchev–Trinajstić information content (AvgIpc) is 3.40. The Morgan fingerprint density at radius 1 is 0.298 bits per heavy atom. The van der Waals surface area contributed by atoms with Crippen LogP contribution >= 0.6 is 0 Å². The van der Waals surface area contributed by atoms with Crippen molar-refractivity contribution in [3.8, 4) is 68.3 Å². The molecule has 0 saturated heterocycles. The Labute approximate surface area is 350 Å². The highest BCUT2D eigenvalue weighted by Gasteiger charge is 2.72. The first kappa shape index (κ1) is 20.2. The summed E-state index contributed by atoms with van der Waals surface area (Å²) < 4.78 is 259. The number of halogens is 6. The summed E-state index contributed by atoms with van der Waals surface area (Å²) in [5.74, 6) is -4.41. The molecule has 0 aliphatic carbocycles. The lowest BCUT2D eigenvalue weighted by Crippen LogP contribution is -2.54. The molecule has 2 aromatic heterocycles. The molecular formula is C45H28F6N6. The predicted octanol–water partition coefficient (Wildman–Crippen LogP) is 11.5. The molecule has 6 nitrogen and oxygen atoms in total. The molecule has 8 rings (SSSR count). The molecule has 0 radical (unpaired) electrons. The normalized spacial score (nSPS) is 16.9. The summed E-state index contributed by atoms with van der Waals surface area (Å²) in [4.78, 5) is 24.7. The molecule has 0 N–H and O–H groups in total. The number of hydrogen-bond acceptors (Lipinski definition) is 6. The highest BCUT2D eigenvalue weighted by Crippen LogP contribution is 2.56. The molecule has 8 aromatic rings. The van der Waals surface area contributed by atoms with E-state index in [1.807, 2.05) is 0 Å². The first-order chi connectivity index (χ1) is 35.8. The quantitative estimate of drug-likeness (QED) is 0.143. The van der Waals surface area contributed by atoms with Gasteiger partial charge < -0.3 is 0 Å². The van der Waals surface area contributed by atoms with E-state index in [0.717, 1.165) is 0 Å². The van der Waals surface area contributed by atoms with Gasteiger partial charge in [0.25, 0.3) is 0 Å². The van der Waals surface area contributed by atoms with E-state index in [1.165, 1.54) is 0 Å². The monoisotopic (exact) mass is 786 g/mol. The standard InChI is InChI=1S/C45H28F6N6/c46-44(47,48)43(45(49,50)51,35-25-21-33(22-26-35)41-54-37(29-13-5-1-6-14-29)52-38(55-41)30-15-7-2-8-16-30)36-27-23-34(24-28-36)42-56-39(31-17-9-3-10-18-31)53-40(57-42)32-19-11-4-12-20-32/h1-28H/i1D,2D,3D,4D,5D,6D,7D,8D,9D,10D,11D,12D,13D,14D,15D,16D,17D,18D,19D,20D. The van der Waals surface area contributed by atoms with Gasteiger partial charge in [-0.05, 0) is 11.1 Å². The molecule has 0 bridgehead atoms. The highest BCUT2D eigenvalue weighted by molar-refractivity contribution is 5.69. The number of rotatable bonds is 8. The summed E-state index contributed by atoms with van der Waals surface area (Å²) in [7, 11) is 0. The average molecular weight is 787 g/mol. The van der Waals surface area contributed by atoms with E-state index in [9.17, 15) is 0 Å². The molecule has 2 heterocycles. The summed E-state index contributed by atoms with van der Waals surface area (Å²) in [6, 6.07) is -13.1. The Kier molecular flexibility index (Phi) is 5.27. The first-order valence-corrected chi connectivity index (χ1v) is 16.0. The molecule has 57 heavy (non-hydrogen) atoms. The number of alkyl halides is 6. The van der Waals surface area contributed by atoms with Crippen LogP contribution in [0.1, 0.15) is 38.5 Å². The van der Waals surface area contributed by atoms with Crippen LogP contribution in [0.5, 0.6) is 0 Å². The number of hydrogen-bond donors (Lipinski definition) is 0. The van der Waals surface area contributed by atoms with E-state index in [4.69, 9.17) is 27.4 Å². The fraction of sp³-hybridized carbons (Fsp3) is 0.0667. The van der Waals surface area contributed by atoms with Crippen molar-refractivity contribution in [2.45, 2.75) is 17.8 Å². The number of benzene rings is 6. The third kappa shape index (κ3) is 7.13. The van der Waals surface area contributed by atoms with Crippen LogP contribution in [-0.4, -0.2) is 42.3 Å². The van der Waals surface area contributed by atoms with Crippen molar-refractivity contribution in [2.75, 3.05) is 0 Å². The minimum atomic E-state index is -6.22. The van der Waals surface area contributed by atoms with Gasteiger partial charge in [-0.25, -0.2) is 29.9 Å². The van der Waals surface area contributed by atoms with Gasteiger partial charge in [-0.3, -0.25) is 0 Å². The third-order valence-corrected chi connectivity index (χ3v) is 8.17. The van der Waals surface area contributed by atoms with Crippen LogP contribution in [0.3, 0.4) is 0 Å². The molecule has 0 atom stereocenters. The van der Waals surface area contributed by atoms with Gasteiger partial charge in [-0.2, -0.15) is 26.3 Å². The Balaban J connectivity index is 1.32. The summed E-state index contributed by atoms with van der Waals surface area (Å²) >= 11 is 0. The zero-order valence-corrected chi connectivity index (χ0v) is 28.1. The Morgan fingerprint density at radius 2 is 0.509 bits per heavy atom. The Bertz CT molecular complexity index is 3270. The van der Waals surface area contributed by atoms with E-state index in [0.29, 0.717) is 48.5 Å². The van der Waals surface area contributed by atoms with Crippen molar-refractivity contribution in [3.05, 3.63) is 181 Å². The van der Waals surface area contributed by atoms with Crippen molar-refractivity contribution in [1.29, 1.82) is 0 Å². The molecule has 0 aliphatic rings. The lowest BCUT2D eigenvalue weighted by atomic mass is 9.72. The van der Waals surface area contributed by atoms with Crippen LogP contribution in [0.2, 0.25) is 0 Å². The molecule has 0 saturated carbocycles. The van der Waals surface area contributed by atoms with E-state index >= 15 is 26.3 Å². The van der Waals surface area contributed by atoms with Gasteiger partial charge in [-0.1, -0.05) is 169 Å². The second-order valence-electron chi connectivity index (χ2n) is 11.5. The lowest BCUT2D eigenvalue weighted by Gasteiger charge is -2.38. The van der Waals surface area contributed by atoms with Crippen molar-refractivity contribution < 1.29 is 53.8 Å². The zero-order chi connectivity index (χ0) is 57.0. The van der Waals surface area contributed by atoms with Crippen molar-refractivity contribution in [2.24, 2.45) is 0 Å². The van der Waals surface area contributed by atoms with E-state index in [-0.39, 0.29) is 0 Å². The fourth-order valence-electron chi connectivity index (χ4n) is 5.63. The predicted molar refractivity (Wildman–Crippen MR) is 205 cm³/mol. The van der Waals surface area contributed by atoms with Crippen LogP contribution in [0.15, 0.2) is 169 Å². The van der Waals surface area contributed by atoms with Gasteiger partial charge in [0.15, 0.2) is 34.9 Å². The summed E-state index contributed by atoms with van der Waals surface area (Å²) in [5, 5.41) is 0. The Hall–Kier alpha value is -7.08. The van der Waals surface area contributed by atoms with Crippen LogP contribution in [0, 0.1) is 0 Å². The smallest absolute Gasteiger partial charge is 0.208 e. The van der Waals surface area contributed by atoms with Crippen LogP contribution in [-0.2, 0) is 5.41 Å². The van der Waals surface area contributed by atoms with Gasteiger partial charge in [-0.15, -0.1) is 0 Å². The number of nitrogens with zero attached hydrogens (tertiary/aromatic N) is 6. The topological polar surface area (TPSA) is 77.3 Å². The maximum absolute atomic E-state index is 15.6. The van der Waals surface area contributed by atoms with Crippen molar-refractivity contribution in [1.82, 2.24) is 29.9 Å². The van der Waals surface area contributed by atoms with E-state index < -0.39 is 218 Å². The fourth-order valence-corrected chi connectivity index (χ4v) is 5.63. The van der Waals surface area contributed by atoms with Gasteiger partial charge in [0, 0.05) is 33.4 Å². The van der Waals surface area contributed by atoms with Crippen molar-refractivity contribution in [3.63, 3.8) is 0 Å². The zero-order valence-electron chi connectivity index (χ0n) is 48.1. The van der Waals surface area contributed by atoms with Crippen LogP contribution in [0.25, 0.3) is 68.3 Å². The minimum absolute atomic E-state index is 0.410. The van der Waals surface area contributed by atoms with Crippen LogP contribution in [0.4, 0.5) is 26.3 Å².